The number of benzene rings is 2. The fourth-order valence-electron chi connectivity index (χ4n) is 3.91. The highest BCUT2D eigenvalue weighted by atomic mass is 19.4. The van der Waals surface area contributed by atoms with Crippen molar-refractivity contribution < 1.29 is 36.9 Å². The molecule has 0 radical (unpaired) electrons. The SMILES string of the molecule is O=C(Cc1ccc2c(c1)OCO2)N1CCCCc2cc(C(O)(CF)C(F)(F)F)ccc21. The number of carbonyl (C=O) groups is 1. The zero-order valence-corrected chi connectivity index (χ0v) is 16.5. The van der Waals surface area contributed by atoms with Gasteiger partial charge in [0.1, 0.15) is 6.67 Å². The summed E-state index contributed by atoms with van der Waals surface area (Å²) in [6, 6.07) is 8.78. The number of aryl methyl sites for hydroxylation is 1. The van der Waals surface area contributed by atoms with Crippen molar-refractivity contribution in [1.29, 1.82) is 0 Å². The predicted octanol–water partition coefficient (Wildman–Crippen LogP) is 4.05. The number of ether oxygens (including phenoxy) is 2. The number of aliphatic hydroxyl groups is 1. The van der Waals surface area contributed by atoms with E-state index in [1.165, 1.54) is 6.07 Å². The Morgan fingerprint density at radius 1 is 1.06 bits per heavy atom. The number of carbonyl (C=O) groups excluding carboxylic acids is 1. The van der Waals surface area contributed by atoms with Crippen molar-refractivity contribution in [3.05, 3.63) is 53.1 Å². The molecule has 2 heterocycles. The molecule has 0 aliphatic carbocycles. The van der Waals surface area contributed by atoms with E-state index in [4.69, 9.17) is 9.47 Å². The lowest BCUT2D eigenvalue weighted by Crippen LogP contribution is -2.44. The van der Waals surface area contributed by atoms with E-state index in [0.717, 1.165) is 17.7 Å². The molecule has 0 saturated carbocycles. The van der Waals surface area contributed by atoms with E-state index in [0.29, 0.717) is 48.6 Å². The van der Waals surface area contributed by atoms with E-state index in [1.807, 2.05) is 0 Å². The van der Waals surface area contributed by atoms with Crippen LogP contribution in [0.15, 0.2) is 36.4 Å². The van der Waals surface area contributed by atoms with Crippen molar-refractivity contribution in [2.24, 2.45) is 0 Å². The molecule has 2 aliphatic heterocycles. The van der Waals surface area contributed by atoms with Crippen molar-refractivity contribution >= 4 is 11.6 Å². The van der Waals surface area contributed by atoms with Gasteiger partial charge < -0.3 is 19.5 Å². The van der Waals surface area contributed by atoms with Crippen LogP contribution in [0, 0.1) is 0 Å². The number of nitrogens with zero attached hydrogens (tertiary/aromatic N) is 1. The third-order valence-electron chi connectivity index (χ3n) is 5.68. The van der Waals surface area contributed by atoms with E-state index in [1.54, 1.807) is 23.1 Å². The molecule has 5 nitrogen and oxygen atoms in total. The van der Waals surface area contributed by atoms with Gasteiger partial charge in [0, 0.05) is 12.2 Å². The molecule has 0 bridgehead atoms. The van der Waals surface area contributed by atoms with Gasteiger partial charge in [-0.3, -0.25) is 4.79 Å². The first kappa shape index (κ1) is 21.4. The third-order valence-corrected chi connectivity index (χ3v) is 5.68. The summed E-state index contributed by atoms with van der Waals surface area (Å²) in [6.07, 6.45) is -3.32. The minimum atomic E-state index is -5.16. The summed E-state index contributed by atoms with van der Waals surface area (Å²) in [5.74, 6) is 0.948. The molecule has 2 aromatic carbocycles. The first-order chi connectivity index (χ1) is 14.7. The van der Waals surface area contributed by atoms with Crippen LogP contribution in [0.4, 0.5) is 23.2 Å². The van der Waals surface area contributed by atoms with Gasteiger partial charge in [-0.15, -0.1) is 0 Å². The smallest absolute Gasteiger partial charge is 0.424 e. The van der Waals surface area contributed by atoms with E-state index in [2.05, 4.69) is 0 Å². The highest BCUT2D eigenvalue weighted by Crippen LogP contribution is 2.41. The van der Waals surface area contributed by atoms with Gasteiger partial charge in [-0.05, 0) is 54.2 Å². The van der Waals surface area contributed by atoms with Crippen LogP contribution in [-0.2, 0) is 23.2 Å². The first-order valence-electron chi connectivity index (χ1n) is 9.90. The fourth-order valence-corrected chi connectivity index (χ4v) is 3.91. The summed E-state index contributed by atoms with van der Waals surface area (Å²) < 4.78 is 63.6. The Kier molecular flexibility index (Phi) is 5.55. The van der Waals surface area contributed by atoms with Crippen molar-refractivity contribution in [3.8, 4) is 11.5 Å². The van der Waals surface area contributed by atoms with E-state index >= 15 is 0 Å². The average molecular weight is 439 g/mol. The molecule has 0 aromatic heterocycles. The molecule has 1 unspecified atom stereocenters. The Bertz CT molecular complexity index is 994. The number of hydrogen-bond donors (Lipinski definition) is 1. The van der Waals surface area contributed by atoms with Crippen molar-refractivity contribution in [2.75, 3.05) is 24.9 Å². The van der Waals surface area contributed by atoms with Crippen LogP contribution in [0.2, 0.25) is 0 Å². The highest BCUT2D eigenvalue weighted by Gasteiger charge is 2.55. The molecule has 2 aromatic rings. The molecule has 9 heteroatoms. The summed E-state index contributed by atoms with van der Waals surface area (Å²) in [5.41, 5.74) is -2.46. The standard InChI is InChI=1S/C22H21F4NO4/c23-12-21(29,22(24,25)26)16-5-6-17-15(11-16)3-1-2-8-27(17)20(28)10-14-4-7-18-19(9-14)31-13-30-18/h4-7,9,11,29H,1-3,8,10,12-13H2. The zero-order valence-electron chi connectivity index (χ0n) is 16.5. The Labute approximate surface area is 176 Å². The molecule has 1 amide bonds. The number of alkyl halides is 4. The Morgan fingerprint density at radius 2 is 1.84 bits per heavy atom. The van der Waals surface area contributed by atoms with Gasteiger partial charge >= 0.3 is 6.18 Å². The fraction of sp³-hybridized carbons (Fsp3) is 0.409. The second-order valence-electron chi connectivity index (χ2n) is 7.70. The Morgan fingerprint density at radius 3 is 2.58 bits per heavy atom. The summed E-state index contributed by atoms with van der Waals surface area (Å²) in [4.78, 5) is 14.6. The van der Waals surface area contributed by atoms with Gasteiger partial charge in [0.2, 0.25) is 18.3 Å². The number of hydrogen-bond acceptors (Lipinski definition) is 4. The van der Waals surface area contributed by atoms with Gasteiger partial charge in [0.25, 0.3) is 0 Å². The minimum absolute atomic E-state index is 0.0782. The largest absolute Gasteiger partial charge is 0.454 e. The monoisotopic (exact) mass is 439 g/mol. The quantitative estimate of drug-likeness (QED) is 0.731. The highest BCUT2D eigenvalue weighted by molar-refractivity contribution is 5.95. The summed E-state index contributed by atoms with van der Waals surface area (Å²) in [7, 11) is 0. The van der Waals surface area contributed by atoms with Crippen LogP contribution < -0.4 is 14.4 Å². The lowest BCUT2D eigenvalue weighted by Gasteiger charge is -2.30. The Balaban J connectivity index is 1.62. The number of halogens is 4. The molecular formula is C22H21F4NO4. The summed E-state index contributed by atoms with van der Waals surface area (Å²) >= 11 is 0. The minimum Gasteiger partial charge on any atom is -0.454 e. The number of rotatable bonds is 4. The van der Waals surface area contributed by atoms with Gasteiger partial charge in [0.15, 0.2) is 11.5 Å². The van der Waals surface area contributed by atoms with Crippen LogP contribution >= 0.6 is 0 Å². The Hall–Kier alpha value is -2.81. The molecular weight excluding hydrogens is 418 g/mol. The molecule has 0 spiro atoms. The molecule has 0 saturated heterocycles. The second kappa shape index (κ2) is 8.03. The topological polar surface area (TPSA) is 59.0 Å². The van der Waals surface area contributed by atoms with Crippen LogP contribution in [0.3, 0.4) is 0 Å². The predicted molar refractivity (Wildman–Crippen MR) is 104 cm³/mol. The molecule has 0 fully saturated rings. The lowest BCUT2D eigenvalue weighted by molar-refractivity contribution is -0.271. The van der Waals surface area contributed by atoms with Gasteiger partial charge in [-0.1, -0.05) is 18.2 Å². The number of anilines is 1. The maximum absolute atomic E-state index is 13.3. The molecule has 2 aliphatic rings. The summed E-state index contributed by atoms with van der Waals surface area (Å²) in [5, 5.41) is 9.94. The van der Waals surface area contributed by atoms with Crippen LogP contribution in [-0.4, -0.2) is 37.2 Å². The zero-order chi connectivity index (χ0) is 22.2. The van der Waals surface area contributed by atoms with Gasteiger partial charge in [-0.2, -0.15) is 13.2 Å². The molecule has 4 rings (SSSR count). The van der Waals surface area contributed by atoms with E-state index < -0.39 is 24.0 Å². The lowest BCUT2D eigenvalue weighted by atomic mass is 9.91. The molecule has 31 heavy (non-hydrogen) atoms. The molecule has 166 valence electrons. The third kappa shape index (κ3) is 3.94. The maximum Gasteiger partial charge on any atom is 0.424 e. The number of fused-ring (bicyclic) bond motifs is 2. The molecule has 1 N–H and O–H groups in total. The van der Waals surface area contributed by atoms with Crippen molar-refractivity contribution in [2.45, 2.75) is 37.5 Å². The normalized spacial score (nSPS) is 17.6. The summed E-state index contributed by atoms with van der Waals surface area (Å²) in [6.45, 7) is -1.44. The number of amides is 1. The van der Waals surface area contributed by atoms with Gasteiger partial charge in [0.05, 0.1) is 6.42 Å². The van der Waals surface area contributed by atoms with E-state index in [9.17, 15) is 27.5 Å². The second-order valence-corrected chi connectivity index (χ2v) is 7.70. The van der Waals surface area contributed by atoms with E-state index in [-0.39, 0.29) is 19.1 Å². The van der Waals surface area contributed by atoms with Crippen LogP contribution in [0.5, 0.6) is 11.5 Å². The average Bonchev–Trinajstić information content (AvgIpc) is 3.09. The van der Waals surface area contributed by atoms with Crippen LogP contribution in [0.1, 0.15) is 29.5 Å². The van der Waals surface area contributed by atoms with Crippen molar-refractivity contribution in [1.82, 2.24) is 0 Å². The first-order valence-corrected chi connectivity index (χ1v) is 9.90. The van der Waals surface area contributed by atoms with Gasteiger partial charge in [-0.25, -0.2) is 4.39 Å². The molecule has 1 atom stereocenters. The van der Waals surface area contributed by atoms with Crippen LogP contribution in [0.25, 0.3) is 0 Å². The van der Waals surface area contributed by atoms with Crippen molar-refractivity contribution in [3.63, 3.8) is 0 Å². The maximum atomic E-state index is 13.3.